The van der Waals surface area contributed by atoms with Crippen LogP contribution < -0.4 is 9.47 Å². The lowest BCUT2D eigenvalue weighted by molar-refractivity contribution is 0.247. The summed E-state index contributed by atoms with van der Waals surface area (Å²) in [7, 11) is 1.51. The van der Waals surface area contributed by atoms with Crippen molar-refractivity contribution in [1.82, 2.24) is 0 Å². The molecule has 0 saturated heterocycles. The number of rotatable bonds is 2. The average Bonchev–Trinajstić information content (AvgIpc) is 2.50. The van der Waals surface area contributed by atoms with Gasteiger partial charge in [-0.2, -0.15) is 0 Å². The van der Waals surface area contributed by atoms with Gasteiger partial charge in [-0.15, -0.1) is 0 Å². The second-order valence-electron chi connectivity index (χ2n) is 4.96. The number of benzene rings is 2. The summed E-state index contributed by atoms with van der Waals surface area (Å²) >= 11 is 0. The molecular formula is C17H16O4. The van der Waals surface area contributed by atoms with Crippen LogP contribution in [0.25, 0.3) is 6.08 Å². The van der Waals surface area contributed by atoms with Crippen molar-refractivity contribution in [1.29, 1.82) is 0 Å². The van der Waals surface area contributed by atoms with Gasteiger partial charge >= 0.3 is 0 Å². The first kappa shape index (κ1) is 13.4. The largest absolute Gasteiger partial charge is 0.508 e. The molecule has 1 aliphatic heterocycles. The van der Waals surface area contributed by atoms with Crippen LogP contribution in [0.2, 0.25) is 0 Å². The highest BCUT2D eigenvalue weighted by molar-refractivity contribution is 5.65. The molecule has 1 aliphatic rings. The maximum Gasteiger partial charge on any atom is 0.160 e. The van der Waals surface area contributed by atoms with Gasteiger partial charge in [-0.3, -0.25) is 0 Å². The summed E-state index contributed by atoms with van der Waals surface area (Å²) in [5.74, 6) is 1.37. The molecule has 108 valence electrons. The molecule has 0 bridgehead atoms. The molecule has 4 nitrogen and oxygen atoms in total. The number of ether oxygens (including phenoxy) is 2. The number of methoxy groups -OCH3 is 1. The Morgan fingerprint density at radius 2 is 1.90 bits per heavy atom. The Balaban J connectivity index is 1.96. The lowest BCUT2D eigenvalue weighted by Crippen LogP contribution is -2.10. The van der Waals surface area contributed by atoms with E-state index in [1.54, 1.807) is 18.2 Å². The molecule has 2 aromatic carbocycles. The number of hydrogen-bond acceptors (Lipinski definition) is 4. The minimum Gasteiger partial charge on any atom is -0.508 e. The highest BCUT2D eigenvalue weighted by Gasteiger charge is 2.20. The zero-order chi connectivity index (χ0) is 15.0. The number of phenolic OH excluding ortho intramolecular Hbond substituents is 2. The number of phenols is 2. The van der Waals surface area contributed by atoms with Crippen LogP contribution in [0.1, 0.15) is 22.8 Å². The van der Waals surface area contributed by atoms with Crippen molar-refractivity contribution < 1.29 is 19.7 Å². The minimum atomic E-state index is -0.310. The van der Waals surface area contributed by atoms with Crippen LogP contribution in [-0.2, 0) is 0 Å². The van der Waals surface area contributed by atoms with Crippen LogP contribution in [-0.4, -0.2) is 17.3 Å². The first-order valence-electron chi connectivity index (χ1n) is 6.64. The van der Waals surface area contributed by atoms with E-state index in [0.29, 0.717) is 17.1 Å². The second-order valence-corrected chi connectivity index (χ2v) is 4.96. The fourth-order valence-electron chi connectivity index (χ4n) is 2.41. The summed E-state index contributed by atoms with van der Waals surface area (Å²) in [4.78, 5) is 0. The van der Waals surface area contributed by atoms with Gasteiger partial charge in [0.25, 0.3) is 0 Å². The number of fused-ring (bicyclic) bond motifs is 1. The Morgan fingerprint density at radius 3 is 2.62 bits per heavy atom. The molecular weight excluding hydrogens is 268 g/mol. The third-order valence-corrected chi connectivity index (χ3v) is 3.63. The Morgan fingerprint density at radius 1 is 1.10 bits per heavy atom. The predicted octanol–water partition coefficient (Wildman–Crippen LogP) is 3.56. The van der Waals surface area contributed by atoms with Gasteiger partial charge in [0.2, 0.25) is 0 Å². The van der Waals surface area contributed by atoms with E-state index >= 15 is 0 Å². The number of hydrogen-bond donors (Lipinski definition) is 2. The molecule has 1 heterocycles. The zero-order valence-electron chi connectivity index (χ0n) is 11.8. The van der Waals surface area contributed by atoms with E-state index in [9.17, 15) is 10.2 Å². The maximum absolute atomic E-state index is 9.87. The van der Waals surface area contributed by atoms with Crippen molar-refractivity contribution in [2.75, 3.05) is 7.11 Å². The topological polar surface area (TPSA) is 58.9 Å². The van der Waals surface area contributed by atoms with Gasteiger partial charge in [0.05, 0.1) is 7.11 Å². The molecule has 2 N–H and O–H groups in total. The molecule has 0 spiro atoms. The highest BCUT2D eigenvalue weighted by atomic mass is 16.5. The van der Waals surface area contributed by atoms with E-state index in [1.165, 1.54) is 7.11 Å². The molecule has 0 unspecified atom stereocenters. The summed E-state index contributed by atoms with van der Waals surface area (Å²) in [5, 5.41) is 19.7. The van der Waals surface area contributed by atoms with Crippen LogP contribution in [0.5, 0.6) is 23.0 Å². The molecule has 0 aliphatic carbocycles. The lowest BCUT2D eigenvalue weighted by atomic mass is 10.0. The molecule has 3 rings (SSSR count). The molecule has 0 fully saturated rings. The maximum atomic E-state index is 9.87. The zero-order valence-corrected chi connectivity index (χ0v) is 11.8. The Hall–Kier alpha value is -2.62. The van der Waals surface area contributed by atoms with Crippen LogP contribution in [0, 0.1) is 6.92 Å². The van der Waals surface area contributed by atoms with Crippen molar-refractivity contribution in [3.05, 3.63) is 53.1 Å². The first-order chi connectivity index (χ1) is 10.1. The third kappa shape index (κ3) is 2.29. The van der Waals surface area contributed by atoms with Gasteiger partial charge < -0.3 is 19.7 Å². The van der Waals surface area contributed by atoms with E-state index in [4.69, 9.17) is 9.47 Å². The van der Waals surface area contributed by atoms with Crippen LogP contribution in [0.4, 0.5) is 0 Å². The fourth-order valence-corrected chi connectivity index (χ4v) is 2.41. The predicted molar refractivity (Wildman–Crippen MR) is 79.9 cm³/mol. The van der Waals surface area contributed by atoms with E-state index in [-0.39, 0.29) is 17.6 Å². The van der Waals surface area contributed by atoms with Gasteiger partial charge in [0.1, 0.15) is 17.6 Å². The first-order valence-corrected chi connectivity index (χ1v) is 6.64. The Kier molecular flexibility index (Phi) is 3.22. The highest BCUT2D eigenvalue weighted by Crippen LogP contribution is 2.39. The van der Waals surface area contributed by atoms with Crippen LogP contribution in [0.15, 0.2) is 36.4 Å². The van der Waals surface area contributed by atoms with Crippen molar-refractivity contribution in [2.24, 2.45) is 0 Å². The van der Waals surface area contributed by atoms with Gasteiger partial charge in [-0.25, -0.2) is 0 Å². The summed E-state index contributed by atoms with van der Waals surface area (Å²) in [6.45, 7) is 1.82. The smallest absolute Gasteiger partial charge is 0.160 e. The van der Waals surface area contributed by atoms with Crippen molar-refractivity contribution in [2.45, 2.75) is 13.0 Å². The molecule has 0 saturated carbocycles. The summed E-state index contributed by atoms with van der Waals surface area (Å²) in [6.07, 6.45) is 3.56. The molecule has 0 amide bonds. The Labute approximate surface area is 122 Å². The van der Waals surface area contributed by atoms with Gasteiger partial charge in [0.15, 0.2) is 11.5 Å². The molecule has 4 heteroatoms. The summed E-state index contributed by atoms with van der Waals surface area (Å²) < 4.78 is 11.0. The normalized spacial score (nSPS) is 16.2. The van der Waals surface area contributed by atoms with Crippen molar-refractivity contribution in [3.8, 4) is 23.0 Å². The Bertz CT molecular complexity index is 719. The SMILES string of the molecule is COc1ccc([C@@H]2C=Cc3ccc(O)c(C)c3O2)cc1O. The minimum absolute atomic E-state index is 0.0745. The number of aromatic hydroxyl groups is 2. The van der Waals surface area contributed by atoms with E-state index < -0.39 is 0 Å². The van der Waals surface area contributed by atoms with E-state index in [1.807, 2.05) is 31.2 Å². The lowest BCUT2D eigenvalue weighted by Gasteiger charge is -2.24. The summed E-state index contributed by atoms with van der Waals surface area (Å²) in [6, 6.07) is 8.64. The van der Waals surface area contributed by atoms with Crippen LogP contribution in [0.3, 0.4) is 0 Å². The molecule has 21 heavy (non-hydrogen) atoms. The van der Waals surface area contributed by atoms with E-state index in [0.717, 1.165) is 11.1 Å². The van der Waals surface area contributed by atoms with Crippen molar-refractivity contribution >= 4 is 6.08 Å². The average molecular weight is 284 g/mol. The second kappa shape index (κ2) is 5.05. The molecule has 0 radical (unpaired) electrons. The quantitative estimate of drug-likeness (QED) is 0.885. The third-order valence-electron chi connectivity index (χ3n) is 3.63. The molecule has 2 aromatic rings. The standard InChI is InChI=1S/C17H16O4/c1-10-13(18)6-3-11-4-7-15(21-17(10)11)12-5-8-16(20-2)14(19)9-12/h3-9,15,18-19H,1-2H3/t15-/m0/s1. The monoisotopic (exact) mass is 284 g/mol. The molecule has 1 atom stereocenters. The molecule has 0 aromatic heterocycles. The van der Waals surface area contributed by atoms with E-state index in [2.05, 4.69) is 0 Å². The van der Waals surface area contributed by atoms with Crippen molar-refractivity contribution in [3.63, 3.8) is 0 Å². The van der Waals surface area contributed by atoms with Gasteiger partial charge in [0, 0.05) is 16.7 Å². The summed E-state index contributed by atoms with van der Waals surface area (Å²) in [5.41, 5.74) is 2.46. The van der Waals surface area contributed by atoms with Gasteiger partial charge in [-0.05, 0) is 37.3 Å². The van der Waals surface area contributed by atoms with Crippen LogP contribution >= 0.6 is 0 Å². The van der Waals surface area contributed by atoms with Gasteiger partial charge in [-0.1, -0.05) is 12.1 Å². The fraction of sp³-hybridized carbons (Fsp3) is 0.176.